The average molecular weight is 336 g/mol. The Morgan fingerprint density at radius 3 is 2.42 bits per heavy atom. The highest BCUT2D eigenvalue weighted by Gasteiger charge is 2.40. The number of aromatic nitrogens is 1. The lowest BCUT2D eigenvalue weighted by Crippen LogP contribution is -2.20. The molecule has 0 unspecified atom stereocenters. The van der Waals surface area contributed by atoms with E-state index in [1.165, 1.54) is 18.2 Å². The molecule has 0 radical (unpaired) electrons. The number of anilines is 1. The van der Waals surface area contributed by atoms with Crippen molar-refractivity contribution in [2.45, 2.75) is 19.6 Å². The van der Waals surface area contributed by atoms with Gasteiger partial charge in [0.25, 0.3) is 0 Å². The molecule has 0 saturated carbocycles. The normalized spacial score (nSPS) is 11.7. The van der Waals surface area contributed by atoms with Gasteiger partial charge in [-0.15, -0.1) is 0 Å². The minimum Gasteiger partial charge on any atom is -0.467 e. The van der Waals surface area contributed by atoms with Crippen molar-refractivity contribution in [3.63, 3.8) is 0 Å². The fourth-order valence-corrected chi connectivity index (χ4v) is 2.31. The molecular formula is C17H15F3N2O2. The fraction of sp³-hybridized carbons (Fsp3) is 0.235. The van der Waals surface area contributed by atoms with Crippen molar-refractivity contribution >= 4 is 5.88 Å². The van der Waals surface area contributed by atoms with E-state index in [1.807, 2.05) is 6.92 Å². The van der Waals surface area contributed by atoms with Crippen LogP contribution in [-0.2, 0) is 12.7 Å². The Labute approximate surface area is 136 Å². The summed E-state index contributed by atoms with van der Waals surface area (Å²) in [6.07, 6.45) is -3.11. The van der Waals surface area contributed by atoms with E-state index in [0.717, 1.165) is 5.56 Å². The first-order valence-corrected chi connectivity index (χ1v) is 7.24. The molecule has 0 aliphatic carbocycles. The molecule has 0 aliphatic heterocycles. The van der Waals surface area contributed by atoms with Crippen molar-refractivity contribution in [2.24, 2.45) is 0 Å². The van der Waals surface area contributed by atoms with Gasteiger partial charge in [-0.1, -0.05) is 18.2 Å². The molecule has 0 fully saturated rings. The van der Waals surface area contributed by atoms with Crippen LogP contribution in [0.3, 0.4) is 0 Å². The third-order valence-electron chi connectivity index (χ3n) is 3.59. The lowest BCUT2D eigenvalue weighted by Gasteiger charge is -2.16. The number of hydrogen-bond donors (Lipinski definition) is 0. The van der Waals surface area contributed by atoms with E-state index >= 15 is 0 Å². The lowest BCUT2D eigenvalue weighted by molar-refractivity contribution is -0.140. The van der Waals surface area contributed by atoms with E-state index in [-0.39, 0.29) is 18.3 Å². The van der Waals surface area contributed by atoms with Gasteiger partial charge in [0.15, 0.2) is 0 Å². The fourth-order valence-electron chi connectivity index (χ4n) is 2.31. The second kappa shape index (κ2) is 6.07. The molecule has 0 spiro atoms. The van der Waals surface area contributed by atoms with Crippen molar-refractivity contribution in [3.8, 4) is 11.5 Å². The summed E-state index contributed by atoms with van der Waals surface area (Å²) in [6.45, 7) is 1.97. The molecule has 1 aromatic carbocycles. The van der Waals surface area contributed by atoms with E-state index in [1.54, 1.807) is 36.4 Å². The maximum Gasteiger partial charge on any atom is 0.438 e. The van der Waals surface area contributed by atoms with Crippen LogP contribution in [0.2, 0.25) is 0 Å². The number of aryl methyl sites for hydroxylation is 1. The second-order valence-corrected chi connectivity index (χ2v) is 5.42. The summed E-state index contributed by atoms with van der Waals surface area (Å²) in [5.41, 5.74) is 0.295. The van der Waals surface area contributed by atoms with Gasteiger partial charge in [0.2, 0.25) is 17.5 Å². The standard InChI is InChI=1S/C17H15F3N2O2/c1-11-8-9-23-13(11)10-22(2)16-14(17(18,19)20)21-15(24-16)12-6-4-3-5-7-12/h3-9H,10H2,1-2H3. The number of benzene rings is 1. The van der Waals surface area contributed by atoms with Crippen molar-refractivity contribution in [1.29, 1.82) is 0 Å². The van der Waals surface area contributed by atoms with Gasteiger partial charge in [0.05, 0.1) is 12.8 Å². The Morgan fingerprint density at radius 2 is 1.83 bits per heavy atom. The minimum absolute atomic E-state index is 0.0686. The van der Waals surface area contributed by atoms with E-state index in [4.69, 9.17) is 8.83 Å². The van der Waals surface area contributed by atoms with Crippen LogP contribution >= 0.6 is 0 Å². The molecule has 3 aromatic rings. The number of nitrogens with zero attached hydrogens (tertiary/aromatic N) is 2. The zero-order valence-electron chi connectivity index (χ0n) is 13.1. The first-order valence-electron chi connectivity index (χ1n) is 7.24. The molecule has 24 heavy (non-hydrogen) atoms. The van der Waals surface area contributed by atoms with Crippen molar-refractivity contribution in [2.75, 3.05) is 11.9 Å². The first-order chi connectivity index (χ1) is 11.4. The topological polar surface area (TPSA) is 42.4 Å². The van der Waals surface area contributed by atoms with Crippen molar-refractivity contribution in [3.05, 3.63) is 59.7 Å². The number of rotatable bonds is 4. The maximum atomic E-state index is 13.3. The average Bonchev–Trinajstić information content (AvgIpc) is 3.15. The summed E-state index contributed by atoms with van der Waals surface area (Å²) in [5, 5.41) is 0. The molecule has 3 rings (SSSR count). The Morgan fingerprint density at radius 1 is 1.12 bits per heavy atom. The van der Waals surface area contributed by atoms with E-state index in [9.17, 15) is 13.2 Å². The van der Waals surface area contributed by atoms with Crippen LogP contribution in [0.5, 0.6) is 0 Å². The van der Waals surface area contributed by atoms with Gasteiger partial charge in [-0.3, -0.25) is 0 Å². The monoisotopic (exact) mass is 336 g/mol. The molecule has 2 heterocycles. The molecule has 7 heteroatoms. The first kappa shape index (κ1) is 16.2. The van der Waals surface area contributed by atoms with Crippen LogP contribution in [0.15, 0.2) is 51.5 Å². The second-order valence-electron chi connectivity index (χ2n) is 5.42. The molecule has 0 N–H and O–H groups in total. The van der Waals surface area contributed by atoms with Crippen LogP contribution in [0.4, 0.5) is 19.1 Å². The van der Waals surface area contributed by atoms with E-state index in [0.29, 0.717) is 11.3 Å². The predicted molar refractivity (Wildman–Crippen MR) is 82.5 cm³/mol. The van der Waals surface area contributed by atoms with E-state index < -0.39 is 11.9 Å². The van der Waals surface area contributed by atoms with Gasteiger partial charge in [-0.25, -0.2) is 4.98 Å². The minimum atomic E-state index is -4.61. The van der Waals surface area contributed by atoms with Crippen LogP contribution in [0.1, 0.15) is 17.0 Å². The molecule has 0 atom stereocenters. The molecular weight excluding hydrogens is 321 g/mol. The molecule has 0 aliphatic rings. The predicted octanol–water partition coefficient (Wildman–Crippen LogP) is 4.90. The smallest absolute Gasteiger partial charge is 0.438 e. The maximum absolute atomic E-state index is 13.3. The molecule has 0 bridgehead atoms. The quantitative estimate of drug-likeness (QED) is 0.680. The third kappa shape index (κ3) is 3.15. The summed E-state index contributed by atoms with van der Waals surface area (Å²) in [4.78, 5) is 5.00. The number of furan rings is 1. The highest BCUT2D eigenvalue weighted by molar-refractivity contribution is 5.57. The van der Waals surface area contributed by atoms with Gasteiger partial charge < -0.3 is 13.7 Å². The summed E-state index contributed by atoms with van der Waals surface area (Å²) in [7, 11) is 1.51. The van der Waals surface area contributed by atoms with Gasteiger partial charge in [0.1, 0.15) is 5.76 Å². The molecule has 4 nitrogen and oxygen atoms in total. The van der Waals surface area contributed by atoms with Crippen LogP contribution < -0.4 is 4.90 Å². The largest absolute Gasteiger partial charge is 0.467 e. The zero-order valence-corrected chi connectivity index (χ0v) is 13.1. The number of hydrogen-bond acceptors (Lipinski definition) is 4. The third-order valence-corrected chi connectivity index (χ3v) is 3.59. The molecule has 2 aromatic heterocycles. The Kier molecular flexibility index (Phi) is 4.09. The zero-order chi connectivity index (χ0) is 17.3. The molecule has 126 valence electrons. The van der Waals surface area contributed by atoms with Crippen LogP contribution in [0, 0.1) is 6.92 Å². The SMILES string of the molecule is Cc1ccoc1CN(C)c1oc(-c2ccccc2)nc1C(F)(F)F. The Balaban J connectivity index is 1.99. The van der Waals surface area contributed by atoms with Crippen molar-refractivity contribution in [1.82, 2.24) is 4.98 Å². The Bertz CT molecular complexity index is 822. The van der Waals surface area contributed by atoms with Crippen molar-refractivity contribution < 1.29 is 22.0 Å². The van der Waals surface area contributed by atoms with Crippen LogP contribution in [-0.4, -0.2) is 12.0 Å². The van der Waals surface area contributed by atoms with Gasteiger partial charge >= 0.3 is 6.18 Å². The number of oxazole rings is 1. The Hall–Kier alpha value is -2.70. The van der Waals surface area contributed by atoms with Gasteiger partial charge in [0, 0.05) is 12.6 Å². The number of alkyl halides is 3. The van der Waals surface area contributed by atoms with Gasteiger partial charge in [-0.2, -0.15) is 13.2 Å². The van der Waals surface area contributed by atoms with Gasteiger partial charge in [-0.05, 0) is 30.7 Å². The summed E-state index contributed by atoms with van der Waals surface area (Å²) < 4.78 is 50.7. The van der Waals surface area contributed by atoms with Crippen LogP contribution in [0.25, 0.3) is 11.5 Å². The summed E-state index contributed by atoms with van der Waals surface area (Å²) in [6, 6.07) is 10.2. The highest BCUT2D eigenvalue weighted by Crippen LogP contribution is 2.39. The molecule has 0 saturated heterocycles. The number of halogens is 3. The lowest BCUT2D eigenvalue weighted by atomic mass is 10.2. The van der Waals surface area contributed by atoms with E-state index in [2.05, 4.69) is 4.98 Å². The summed E-state index contributed by atoms with van der Waals surface area (Å²) in [5.74, 6) is 0.168. The summed E-state index contributed by atoms with van der Waals surface area (Å²) >= 11 is 0. The molecule has 0 amide bonds. The highest BCUT2D eigenvalue weighted by atomic mass is 19.4.